The van der Waals surface area contributed by atoms with Crippen LogP contribution in [0, 0.1) is 11.3 Å². The molecular weight excluding hydrogens is 362 g/mol. The van der Waals surface area contributed by atoms with Gasteiger partial charge < -0.3 is 14.8 Å². The molecule has 0 heterocycles. The average molecular weight is 394 g/mol. The van der Waals surface area contributed by atoms with Crippen LogP contribution in [-0.4, -0.2) is 12.9 Å². The van der Waals surface area contributed by atoms with Crippen LogP contribution in [0.5, 0.6) is 17.2 Å². The van der Waals surface area contributed by atoms with Crippen LogP contribution in [-0.2, 0) is 4.79 Å². The van der Waals surface area contributed by atoms with Gasteiger partial charge in [0.1, 0.15) is 5.75 Å². The van der Waals surface area contributed by atoms with E-state index in [2.05, 4.69) is 26.1 Å². The molecule has 1 aliphatic rings. The van der Waals surface area contributed by atoms with Gasteiger partial charge in [-0.15, -0.1) is 0 Å². The summed E-state index contributed by atoms with van der Waals surface area (Å²) in [6.45, 7) is 6.84. The first-order valence-corrected chi connectivity index (χ1v) is 10.3. The number of hydrogen-bond acceptors (Lipinski definition) is 4. The number of nitrogens with one attached hydrogen (secondary N) is 1. The number of hydrogen-bond donors (Lipinski definition) is 1. The van der Waals surface area contributed by atoms with Gasteiger partial charge in [0.05, 0.1) is 7.11 Å². The quantitative estimate of drug-likeness (QED) is 0.539. The Hall–Kier alpha value is -2.75. The maximum atomic E-state index is 12.4. The van der Waals surface area contributed by atoms with Gasteiger partial charge >= 0.3 is 0 Å². The van der Waals surface area contributed by atoms with Crippen LogP contribution < -0.4 is 14.8 Å². The molecule has 2 aromatic carbocycles. The second-order valence-electron chi connectivity index (χ2n) is 8.30. The zero-order chi connectivity index (χ0) is 20.9. The summed E-state index contributed by atoms with van der Waals surface area (Å²) in [5.74, 6) is 2.91. The zero-order valence-corrected chi connectivity index (χ0v) is 17.8. The molecule has 154 valence electrons. The van der Waals surface area contributed by atoms with Crippen molar-refractivity contribution in [3.8, 4) is 17.2 Å². The van der Waals surface area contributed by atoms with Crippen molar-refractivity contribution in [3.63, 3.8) is 0 Å². The third-order valence-corrected chi connectivity index (χ3v) is 6.12. The van der Waals surface area contributed by atoms with Gasteiger partial charge in [0, 0.05) is 23.9 Å². The van der Waals surface area contributed by atoms with Gasteiger partial charge in [0.25, 0.3) is 0 Å². The molecule has 0 aliphatic heterocycles. The summed E-state index contributed by atoms with van der Waals surface area (Å²) >= 11 is 0. The molecule has 1 N–H and O–H groups in total. The lowest BCUT2D eigenvalue weighted by molar-refractivity contribution is -0.117. The van der Waals surface area contributed by atoms with Gasteiger partial charge in [-0.05, 0) is 60.6 Å². The highest BCUT2D eigenvalue weighted by molar-refractivity contribution is 5.96. The molecule has 1 saturated carbocycles. The van der Waals surface area contributed by atoms with Crippen LogP contribution in [0.3, 0.4) is 0 Å². The van der Waals surface area contributed by atoms with Crippen LogP contribution in [0.2, 0.25) is 0 Å². The van der Waals surface area contributed by atoms with E-state index in [0.717, 1.165) is 36.3 Å². The van der Waals surface area contributed by atoms with E-state index in [1.54, 1.807) is 7.11 Å². The van der Waals surface area contributed by atoms with Crippen molar-refractivity contribution in [2.75, 3.05) is 12.4 Å². The molecule has 0 amide bonds. The largest absolute Gasteiger partial charge is 0.493 e. The van der Waals surface area contributed by atoms with E-state index >= 15 is 0 Å². The second-order valence-corrected chi connectivity index (χ2v) is 8.30. The fourth-order valence-electron chi connectivity index (χ4n) is 3.66. The van der Waals surface area contributed by atoms with Gasteiger partial charge in [0.15, 0.2) is 17.3 Å². The van der Waals surface area contributed by atoms with E-state index in [0.29, 0.717) is 23.8 Å². The van der Waals surface area contributed by atoms with Crippen molar-refractivity contribution in [2.24, 2.45) is 11.3 Å². The molecule has 0 aromatic heterocycles. The van der Waals surface area contributed by atoms with E-state index in [4.69, 9.17) is 9.47 Å². The van der Waals surface area contributed by atoms with E-state index in [-0.39, 0.29) is 11.2 Å². The maximum Gasteiger partial charge on any atom is 0.169 e. The van der Waals surface area contributed by atoms with Crippen LogP contribution in [0.15, 0.2) is 60.3 Å². The first kappa shape index (κ1) is 21.0. The lowest BCUT2D eigenvalue weighted by Gasteiger charge is -2.36. The molecule has 0 unspecified atom stereocenters. The van der Waals surface area contributed by atoms with Crippen molar-refractivity contribution in [1.29, 1.82) is 0 Å². The Morgan fingerprint density at radius 1 is 1.10 bits per heavy atom. The summed E-state index contributed by atoms with van der Waals surface area (Å²) in [6.07, 6.45) is 5.50. The molecule has 1 atom stereocenters. The molecule has 1 fully saturated rings. The second kappa shape index (κ2) is 9.17. The number of para-hydroxylation sites is 2. The predicted octanol–water partition coefficient (Wildman–Crippen LogP) is 6.59. The minimum absolute atomic E-state index is 0.261. The maximum absolute atomic E-state index is 12.4. The van der Waals surface area contributed by atoms with E-state index in [1.165, 1.54) is 0 Å². The Balaban J connectivity index is 1.65. The Morgan fingerprint density at radius 3 is 2.45 bits per heavy atom. The average Bonchev–Trinajstić information content (AvgIpc) is 2.74. The molecule has 4 nitrogen and oxygen atoms in total. The summed E-state index contributed by atoms with van der Waals surface area (Å²) in [7, 11) is 1.63. The standard InChI is InChI=1S/C25H31NO3/c1-5-25(2,3)19-10-15-22(27)18(16-19)17-26-20-11-13-21(14-12-20)29-24-9-7-6-8-23(24)28-4/h6-9,11-14,17,19,26H,5,10,15-16H2,1-4H3/b18-17+/t19-/m1/s1. The topological polar surface area (TPSA) is 47.6 Å². The normalized spacial score (nSPS) is 18.6. The monoisotopic (exact) mass is 393 g/mol. The molecule has 0 bridgehead atoms. The SMILES string of the molecule is CCC(C)(C)[C@@H]1CCC(=O)/C(=C/Nc2ccc(Oc3ccccc3OC)cc2)C1. The highest BCUT2D eigenvalue weighted by Crippen LogP contribution is 2.41. The summed E-state index contributed by atoms with van der Waals surface area (Å²) < 4.78 is 11.2. The van der Waals surface area contributed by atoms with Crippen molar-refractivity contribution >= 4 is 11.5 Å². The Kier molecular flexibility index (Phi) is 6.63. The third-order valence-electron chi connectivity index (χ3n) is 6.12. The van der Waals surface area contributed by atoms with Crippen LogP contribution in [0.4, 0.5) is 5.69 Å². The third kappa shape index (κ3) is 5.20. The first-order valence-electron chi connectivity index (χ1n) is 10.3. The smallest absolute Gasteiger partial charge is 0.169 e. The Bertz CT molecular complexity index is 868. The molecule has 1 aliphatic carbocycles. The molecule has 0 spiro atoms. The van der Waals surface area contributed by atoms with Gasteiger partial charge in [0.2, 0.25) is 0 Å². The molecule has 3 rings (SSSR count). The summed E-state index contributed by atoms with van der Waals surface area (Å²) in [5.41, 5.74) is 2.09. The van der Waals surface area contributed by atoms with Gasteiger partial charge in [-0.25, -0.2) is 0 Å². The number of anilines is 1. The number of benzene rings is 2. The van der Waals surface area contributed by atoms with E-state index in [9.17, 15) is 4.79 Å². The lowest BCUT2D eigenvalue weighted by Crippen LogP contribution is -2.29. The van der Waals surface area contributed by atoms with Gasteiger partial charge in [-0.1, -0.05) is 39.3 Å². The fraction of sp³-hybridized carbons (Fsp3) is 0.400. The highest BCUT2D eigenvalue weighted by atomic mass is 16.5. The minimum atomic E-state index is 0.261. The number of carbonyl (C=O) groups excluding carboxylic acids is 1. The summed E-state index contributed by atoms with van der Waals surface area (Å²) in [4.78, 5) is 12.4. The number of Topliss-reactive ketones (excluding diaryl/α,β-unsaturated/α-hetero) is 1. The Labute approximate surface area is 173 Å². The number of carbonyl (C=O) groups is 1. The van der Waals surface area contributed by atoms with Gasteiger partial charge in [-0.3, -0.25) is 4.79 Å². The molecule has 2 aromatic rings. The van der Waals surface area contributed by atoms with Gasteiger partial charge in [-0.2, -0.15) is 0 Å². The molecule has 0 radical (unpaired) electrons. The number of allylic oxidation sites excluding steroid dienone is 1. The number of rotatable bonds is 7. The van der Waals surface area contributed by atoms with Crippen molar-refractivity contribution in [3.05, 3.63) is 60.3 Å². The van der Waals surface area contributed by atoms with Crippen LogP contribution in [0.25, 0.3) is 0 Å². The molecule has 0 saturated heterocycles. The highest BCUT2D eigenvalue weighted by Gasteiger charge is 2.33. The lowest BCUT2D eigenvalue weighted by atomic mass is 9.68. The number of ether oxygens (including phenoxy) is 2. The number of ketones is 1. The van der Waals surface area contributed by atoms with Crippen LogP contribution in [0.1, 0.15) is 46.5 Å². The van der Waals surface area contributed by atoms with Crippen molar-refractivity contribution < 1.29 is 14.3 Å². The van der Waals surface area contributed by atoms with E-state index in [1.807, 2.05) is 54.7 Å². The molecular formula is C25H31NO3. The number of methoxy groups -OCH3 is 1. The minimum Gasteiger partial charge on any atom is -0.493 e. The molecule has 4 heteroatoms. The van der Waals surface area contributed by atoms with Crippen molar-refractivity contribution in [1.82, 2.24) is 0 Å². The molecule has 29 heavy (non-hydrogen) atoms. The summed E-state index contributed by atoms with van der Waals surface area (Å²) in [6, 6.07) is 15.3. The van der Waals surface area contributed by atoms with Crippen LogP contribution >= 0.6 is 0 Å². The summed E-state index contributed by atoms with van der Waals surface area (Å²) in [5, 5.41) is 3.29. The Morgan fingerprint density at radius 2 is 1.79 bits per heavy atom. The van der Waals surface area contributed by atoms with Crippen molar-refractivity contribution in [2.45, 2.75) is 46.5 Å². The fourth-order valence-corrected chi connectivity index (χ4v) is 3.66. The zero-order valence-electron chi connectivity index (χ0n) is 17.8. The first-order chi connectivity index (χ1) is 13.9. The predicted molar refractivity (Wildman–Crippen MR) is 118 cm³/mol. The van der Waals surface area contributed by atoms with E-state index < -0.39 is 0 Å².